The molecule has 0 spiro atoms. The Morgan fingerprint density at radius 1 is 1.40 bits per heavy atom. The molecule has 1 aliphatic carbocycles. The minimum Gasteiger partial charge on any atom is -0.378 e. The number of allylic oxidation sites excluding steroid dienone is 2. The lowest BCUT2D eigenvalue weighted by Crippen LogP contribution is -2.45. The average Bonchev–Trinajstić information content (AvgIpc) is 2.87. The topological polar surface area (TPSA) is 50.4 Å². The fraction of sp³-hybridized carbons (Fsp3) is 0.727. The summed E-state index contributed by atoms with van der Waals surface area (Å²) in [6, 6.07) is 0.128. The molecule has 1 amide bonds. The zero-order chi connectivity index (χ0) is 10.7. The summed E-state index contributed by atoms with van der Waals surface area (Å²) in [7, 11) is 1.69. The average molecular weight is 210 g/mol. The second-order valence-electron chi connectivity index (χ2n) is 4.19. The molecule has 0 radical (unpaired) electrons. The Hall–Kier alpha value is -0.870. The first-order chi connectivity index (χ1) is 7.31. The molecule has 0 aromatic rings. The normalized spacial score (nSPS) is 31.0. The summed E-state index contributed by atoms with van der Waals surface area (Å²) >= 11 is 0. The highest BCUT2D eigenvalue weighted by Gasteiger charge is 2.30. The molecule has 4 nitrogen and oxygen atoms in total. The maximum absolute atomic E-state index is 11.8. The van der Waals surface area contributed by atoms with E-state index in [0.29, 0.717) is 0 Å². The predicted octanol–water partition coefficient (Wildman–Crippen LogP) is 0.0556. The first-order valence-corrected chi connectivity index (χ1v) is 5.50. The molecule has 0 aromatic carbocycles. The molecule has 4 heteroatoms. The number of rotatable bonds is 3. The first kappa shape index (κ1) is 10.6. The van der Waals surface area contributed by atoms with E-state index in [-0.39, 0.29) is 24.0 Å². The lowest BCUT2D eigenvalue weighted by atomic mass is 10.1. The van der Waals surface area contributed by atoms with Crippen LogP contribution in [-0.2, 0) is 9.53 Å². The van der Waals surface area contributed by atoms with E-state index in [4.69, 9.17) is 4.74 Å². The first-order valence-electron chi connectivity index (χ1n) is 5.50. The third kappa shape index (κ3) is 2.38. The van der Waals surface area contributed by atoms with Gasteiger partial charge in [-0.1, -0.05) is 12.2 Å². The molecule has 0 unspecified atom stereocenters. The summed E-state index contributed by atoms with van der Waals surface area (Å²) in [5.74, 6) is 0.304. The van der Waals surface area contributed by atoms with Crippen LogP contribution >= 0.6 is 0 Å². The van der Waals surface area contributed by atoms with Crippen LogP contribution in [0.2, 0.25) is 0 Å². The Morgan fingerprint density at radius 3 is 2.80 bits per heavy atom. The fourth-order valence-corrected chi connectivity index (χ4v) is 2.18. The molecule has 1 aliphatic heterocycles. The molecule has 2 N–H and O–H groups in total. The van der Waals surface area contributed by atoms with E-state index in [0.717, 1.165) is 25.9 Å². The number of carbonyl (C=O) groups excluding carboxylic acids is 1. The van der Waals surface area contributed by atoms with Crippen LogP contribution in [0.3, 0.4) is 0 Å². The van der Waals surface area contributed by atoms with Crippen molar-refractivity contribution in [2.24, 2.45) is 5.92 Å². The highest BCUT2D eigenvalue weighted by molar-refractivity contribution is 5.79. The summed E-state index contributed by atoms with van der Waals surface area (Å²) in [5.41, 5.74) is 0. The summed E-state index contributed by atoms with van der Waals surface area (Å²) in [6.07, 6.45) is 6.02. The maximum atomic E-state index is 11.8. The van der Waals surface area contributed by atoms with Gasteiger partial charge < -0.3 is 15.4 Å². The number of amides is 1. The highest BCUT2D eigenvalue weighted by atomic mass is 16.5. The molecule has 0 aromatic heterocycles. The molecule has 0 bridgehead atoms. The number of hydrogen-bond acceptors (Lipinski definition) is 3. The van der Waals surface area contributed by atoms with E-state index in [1.54, 1.807) is 7.11 Å². The van der Waals surface area contributed by atoms with Crippen LogP contribution < -0.4 is 10.6 Å². The Balaban J connectivity index is 1.82. The fourth-order valence-electron chi connectivity index (χ4n) is 2.18. The molecule has 1 heterocycles. The summed E-state index contributed by atoms with van der Waals surface area (Å²) in [5, 5.41) is 6.27. The van der Waals surface area contributed by atoms with Crippen LogP contribution in [0.4, 0.5) is 0 Å². The van der Waals surface area contributed by atoms with Crippen molar-refractivity contribution in [3.63, 3.8) is 0 Å². The lowest BCUT2D eigenvalue weighted by Gasteiger charge is -2.20. The van der Waals surface area contributed by atoms with Gasteiger partial charge in [0.05, 0.1) is 12.1 Å². The molecule has 1 fully saturated rings. The van der Waals surface area contributed by atoms with Crippen molar-refractivity contribution in [3.05, 3.63) is 12.2 Å². The summed E-state index contributed by atoms with van der Waals surface area (Å²) < 4.78 is 5.29. The van der Waals surface area contributed by atoms with Crippen LogP contribution in [0, 0.1) is 5.92 Å². The van der Waals surface area contributed by atoms with Crippen LogP contribution in [0.1, 0.15) is 12.8 Å². The van der Waals surface area contributed by atoms with Crippen molar-refractivity contribution in [1.29, 1.82) is 0 Å². The van der Waals surface area contributed by atoms with E-state index in [2.05, 4.69) is 22.8 Å². The minimum atomic E-state index is 0.114. The molecular weight excluding hydrogens is 192 g/mol. The van der Waals surface area contributed by atoms with Crippen molar-refractivity contribution in [2.75, 3.05) is 20.2 Å². The van der Waals surface area contributed by atoms with Crippen molar-refractivity contribution in [3.8, 4) is 0 Å². The zero-order valence-corrected chi connectivity index (χ0v) is 9.03. The Morgan fingerprint density at radius 2 is 2.13 bits per heavy atom. The molecule has 84 valence electrons. The Labute approximate surface area is 90.1 Å². The maximum Gasteiger partial charge on any atom is 0.224 e. The van der Waals surface area contributed by atoms with Gasteiger partial charge in [0.2, 0.25) is 5.91 Å². The van der Waals surface area contributed by atoms with Gasteiger partial charge in [-0.3, -0.25) is 4.79 Å². The molecule has 2 rings (SSSR count). The van der Waals surface area contributed by atoms with E-state index in [1.165, 1.54) is 0 Å². The van der Waals surface area contributed by atoms with Crippen molar-refractivity contribution < 1.29 is 9.53 Å². The summed E-state index contributed by atoms with van der Waals surface area (Å²) in [6.45, 7) is 1.63. The molecule has 15 heavy (non-hydrogen) atoms. The van der Waals surface area contributed by atoms with Crippen molar-refractivity contribution >= 4 is 5.91 Å². The molecule has 1 saturated heterocycles. The zero-order valence-electron chi connectivity index (χ0n) is 9.03. The van der Waals surface area contributed by atoms with Crippen LogP contribution in [0.25, 0.3) is 0 Å². The predicted molar refractivity (Wildman–Crippen MR) is 57.5 cm³/mol. The van der Waals surface area contributed by atoms with Crippen molar-refractivity contribution in [1.82, 2.24) is 10.6 Å². The molecular formula is C11H18N2O2. The molecule has 0 saturated carbocycles. The van der Waals surface area contributed by atoms with E-state index >= 15 is 0 Å². The quantitative estimate of drug-likeness (QED) is 0.647. The van der Waals surface area contributed by atoms with Gasteiger partial charge in [0.15, 0.2) is 0 Å². The third-order valence-corrected chi connectivity index (χ3v) is 3.17. The molecule has 2 atom stereocenters. The van der Waals surface area contributed by atoms with Crippen LogP contribution in [0.5, 0.6) is 0 Å². The number of nitrogens with one attached hydrogen (secondary N) is 2. The van der Waals surface area contributed by atoms with Crippen LogP contribution in [0.15, 0.2) is 12.2 Å². The van der Waals surface area contributed by atoms with E-state index in [1.807, 2.05) is 0 Å². The largest absolute Gasteiger partial charge is 0.378 e. The van der Waals surface area contributed by atoms with Crippen LogP contribution in [-0.4, -0.2) is 38.3 Å². The standard InChI is InChI=1S/C11H18N2O2/c1-15-10-7-12-6-9(10)13-11(14)8-4-2-3-5-8/h2-3,8-10,12H,4-7H2,1H3,(H,13,14)/t9-,10-/m0/s1. The van der Waals surface area contributed by atoms with Crippen molar-refractivity contribution in [2.45, 2.75) is 25.0 Å². The lowest BCUT2D eigenvalue weighted by molar-refractivity contribution is -0.126. The SMILES string of the molecule is CO[C@H]1CNC[C@@H]1NC(=O)C1CC=CC1. The van der Waals surface area contributed by atoms with Gasteiger partial charge in [-0.15, -0.1) is 0 Å². The highest BCUT2D eigenvalue weighted by Crippen LogP contribution is 2.18. The minimum absolute atomic E-state index is 0.114. The number of hydrogen-bond donors (Lipinski definition) is 2. The van der Waals surface area contributed by atoms with Gasteiger partial charge in [-0.25, -0.2) is 0 Å². The Bertz CT molecular complexity index is 257. The van der Waals surface area contributed by atoms with E-state index < -0.39 is 0 Å². The Kier molecular flexibility index (Phi) is 3.38. The second kappa shape index (κ2) is 4.77. The van der Waals surface area contributed by atoms with Gasteiger partial charge in [-0.2, -0.15) is 0 Å². The van der Waals surface area contributed by atoms with Gasteiger partial charge >= 0.3 is 0 Å². The summed E-state index contributed by atoms with van der Waals surface area (Å²) in [4.78, 5) is 11.8. The molecule has 2 aliphatic rings. The number of methoxy groups -OCH3 is 1. The van der Waals surface area contributed by atoms with Gasteiger partial charge in [0.1, 0.15) is 0 Å². The van der Waals surface area contributed by atoms with Gasteiger partial charge in [0, 0.05) is 26.1 Å². The van der Waals surface area contributed by atoms with E-state index in [9.17, 15) is 4.79 Å². The monoisotopic (exact) mass is 210 g/mol. The third-order valence-electron chi connectivity index (χ3n) is 3.17. The number of ether oxygens (including phenoxy) is 1. The van der Waals surface area contributed by atoms with Gasteiger partial charge in [-0.05, 0) is 12.8 Å². The smallest absolute Gasteiger partial charge is 0.224 e. The second-order valence-corrected chi connectivity index (χ2v) is 4.19. The number of carbonyl (C=O) groups is 1. The van der Waals surface area contributed by atoms with Gasteiger partial charge in [0.25, 0.3) is 0 Å².